The van der Waals surface area contributed by atoms with Crippen LogP contribution < -0.4 is 4.72 Å². The monoisotopic (exact) mass is 366 g/mol. The highest BCUT2D eigenvalue weighted by molar-refractivity contribution is 7.92. The summed E-state index contributed by atoms with van der Waals surface area (Å²) in [6.45, 7) is 1.45. The molecule has 1 heterocycles. The Hall–Kier alpha value is -2.48. The number of benzene rings is 2. The molecule has 2 aromatic carbocycles. The van der Waals surface area contributed by atoms with Crippen molar-refractivity contribution in [2.24, 2.45) is 0 Å². The summed E-state index contributed by atoms with van der Waals surface area (Å²) in [5.74, 6) is -2.45. The second kappa shape index (κ2) is 6.79. The van der Waals surface area contributed by atoms with E-state index in [9.17, 15) is 22.0 Å². The van der Waals surface area contributed by atoms with Gasteiger partial charge in [-0.1, -0.05) is 0 Å². The van der Waals surface area contributed by atoms with Crippen LogP contribution in [0.2, 0.25) is 0 Å². The summed E-state index contributed by atoms with van der Waals surface area (Å²) >= 11 is 0. The molecule has 1 amide bonds. The molecule has 132 valence electrons. The second-order valence-electron chi connectivity index (χ2n) is 5.76. The Labute approximate surface area is 144 Å². The first-order valence-corrected chi connectivity index (χ1v) is 9.22. The molecule has 1 fully saturated rings. The molecule has 1 aliphatic heterocycles. The standard InChI is InChI=1S/C17H16F2N2O3S/c18-15-8-7-14(11-16(15)19)25(23,24)20-13-5-3-12(4-6-13)17(22)21-9-1-2-10-21/h3-8,11,20H,1-2,9-10H2. The van der Waals surface area contributed by atoms with Crippen molar-refractivity contribution in [1.29, 1.82) is 0 Å². The van der Waals surface area contributed by atoms with Crippen LogP contribution in [-0.4, -0.2) is 32.3 Å². The zero-order valence-electron chi connectivity index (χ0n) is 13.2. The quantitative estimate of drug-likeness (QED) is 0.905. The average molecular weight is 366 g/mol. The number of rotatable bonds is 4. The van der Waals surface area contributed by atoms with Gasteiger partial charge in [0, 0.05) is 24.3 Å². The normalized spacial score (nSPS) is 14.6. The van der Waals surface area contributed by atoms with Crippen LogP contribution in [-0.2, 0) is 10.0 Å². The lowest BCUT2D eigenvalue weighted by Gasteiger charge is -2.15. The van der Waals surface area contributed by atoms with E-state index in [1.807, 2.05) is 0 Å². The van der Waals surface area contributed by atoms with E-state index in [1.54, 1.807) is 4.90 Å². The summed E-state index contributed by atoms with van der Waals surface area (Å²) in [5.41, 5.74) is 0.695. The smallest absolute Gasteiger partial charge is 0.261 e. The number of amides is 1. The van der Waals surface area contributed by atoms with Crippen molar-refractivity contribution in [2.45, 2.75) is 17.7 Å². The van der Waals surface area contributed by atoms with Gasteiger partial charge in [0.1, 0.15) is 0 Å². The number of anilines is 1. The van der Waals surface area contributed by atoms with Gasteiger partial charge < -0.3 is 4.90 Å². The number of hydrogen-bond acceptors (Lipinski definition) is 3. The molecule has 1 N–H and O–H groups in total. The lowest BCUT2D eigenvalue weighted by molar-refractivity contribution is 0.0793. The molecule has 1 aliphatic rings. The van der Waals surface area contributed by atoms with E-state index in [2.05, 4.69) is 4.72 Å². The van der Waals surface area contributed by atoms with Crippen molar-refractivity contribution in [3.05, 3.63) is 59.7 Å². The van der Waals surface area contributed by atoms with E-state index >= 15 is 0 Å². The topological polar surface area (TPSA) is 66.5 Å². The summed E-state index contributed by atoms with van der Waals surface area (Å²) in [4.78, 5) is 13.6. The third-order valence-electron chi connectivity index (χ3n) is 3.98. The summed E-state index contributed by atoms with van der Waals surface area (Å²) in [7, 11) is -4.05. The number of carbonyl (C=O) groups is 1. The van der Waals surface area contributed by atoms with Crippen LogP contribution in [0, 0.1) is 11.6 Å². The zero-order chi connectivity index (χ0) is 18.0. The van der Waals surface area contributed by atoms with Crippen molar-refractivity contribution in [1.82, 2.24) is 4.90 Å². The lowest BCUT2D eigenvalue weighted by Crippen LogP contribution is -2.27. The third-order valence-corrected chi connectivity index (χ3v) is 5.36. The van der Waals surface area contributed by atoms with Gasteiger partial charge in [-0.05, 0) is 55.3 Å². The van der Waals surface area contributed by atoms with Crippen molar-refractivity contribution in [3.8, 4) is 0 Å². The fourth-order valence-electron chi connectivity index (χ4n) is 2.64. The van der Waals surface area contributed by atoms with Crippen molar-refractivity contribution in [2.75, 3.05) is 17.8 Å². The molecule has 3 rings (SSSR count). The summed E-state index contributed by atoms with van der Waals surface area (Å²) in [5, 5.41) is 0. The molecule has 1 saturated heterocycles. The minimum absolute atomic E-state index is 0.0903. The molecule has 0 atom stereocenters. The van der Waals surface area contributed by atoms with Gasteiger partial charge in [-0.2, -0.15) is 0 Å². The maximum absolute atomic E-state index is 13.2. The minimum atomic E-state index is -4.05. The Morgan fingerprint density at radius 1 is 0.960 bits per heavy atom. The molecular weight excluding hydrogens is 350 g/mol. The average Bonchev–Trinajstić information content (AvgIpc) is 3.11. The molecule has 0 aliphatic carbocycles. The van der Waals surface area contributed by atoms with E-state index < -0.39 is 21.7 Å². The van der Waals surface area contributed by atoms with Gasteiger partial charge in [-0.15, -0.1) is 0 Å². The number of hydrogen-bond donors (Lipinski definition) is 1. The molecule has 0 aromatic heterocycles. The molecule has 0 bridgehead atoms. The molecule has 8 heteroatoms. The van der Waals surface area contributed by atoms with Gasteiger partial charge >= 0.3 is 0 Å². The summed E-state index contributed by atoms with van der Waals surface area (Å²) in [6.07, 6.45) is 1.97. The second-order valence-corrected chi connectivity index (χ2v) is 7.44. The maximum Gasteiger partial charge on any atom is 0.261 e. The molecule has 25 heavy (non-hydrogen) atoms. The minimum Gasteiger partial charge on any atom is -0.339 e. The van der Waals surface area contributed by atoms with Gasteiger partial charge in [0.2, 0.25) is 0 Å². The van der Waals surface area contributed by atoms with Crippen LogP contribution >= 0.6 is 0 Å². The molecular formula is C17H16F2N2O3S. The number of halogens is 2. The predicted molar refractivity (Wildman–Crippen MR) is 88.7 cm³/mol. The number of likely N-dealkylation sites (tertiary alicyclic amines) is 1. The third kappa shape index (κ3) is 3.79. The Morgan fingerprint density at radius 3 is 2.20 bits per heavy atom. The van der Waals surface area contributed by atoms with Crippen molar-refractivity contribution < 1.29 is 22.0 Å². The van der Waals surface area contributed by atoms with Crippen LogP contribution in [0.25, 0.3) is 0 Å². The highest BCUT2D eigenvalue weighted by atomic mass is 32.2. The largest absolute Gasteiger partial charge is 0.339 e. The van der Waals surface area contributed by atoms with Gasteiger partial charge in [-0.25, -0.2) is 17.2 Å². The molecule has 5 nitrogen and oxygen atoms in total. The van der Waals surface area contributed by atoms with Gasteiger partial charge in [0.05, 0.1) is 4.90 Å². The fraction of sp³-hybridized carbons (Fsp3) is 0.235. The first-order chi connectivity index (χ1) is 11.9. The van der Waals surface area contributed by atoms with Gasteiger partial charge in [0.25, 0.3) is 15.9 Å². The first kappa shape index (κ1) is 17.3. The van der Waals surface area contributed by atoms with Crippen molar-refractivity contribution >= 4 is 21.6 Å². The predicted octanol–water partition coefficient (Wildman–Crippen LogP) is 3.00. The Bertz CT molecular complexity index is 893. The van der Waals surface area contributed by atoms with E-state index in [0.717, 1.165) is 38.1 Å². The van der Waals surface area contributed by atoms with Crippen LogP contribution in [0.1, 0.15) is 23.2 Å². The van der Waals surface area contributed by atoms with Crippen LogP contribution in [0.4, 0.5) is 14.5 Å². The van der Waals surface area contributed by atoms with E-state index in [1.165, 1.54) is 24.3 Å². The first-order valence-electron chi connectivity index (χ1n) is 7.74. The Kier molecular flexibility index (Phi) is 4.71. The van der Waals surface area contributed by atoms with Gasteiger partial charge in [0.15, 0.2) is 11.6 Å². The summed E-state index contributed by atoms with van der Waals surface area (Å²) in [6, 6.07) is 8.33. The molecule has 0 spiro atoms. The van der Waals surface area contributed by atoms with Gasteiger partial charge in [-0.3, -0.25) is 9.52 Å². The van der Waals surface area contributed by atoms with E-state index in [-0.39, 0.29) is 16.5 Å². The summed E-state index contributed by atoms with van der Waals surface area (Å²) < 4.78 is 52.9. The fourth-order valence-corrected chi connectivity index (χ4v) is 3.71. The maximum atomic E-state index is 13.2. The van der Waals surface area contributed by atoms with Crippen molar-refractivity contribution in [3.63, 3.8) is 0 Å². The highest BCUT2D eigenvalue weighted by Gasteiger charge is 2.20. The van der Waals surface area contributed by atoms with E-state index in [4.69, 9.17) is 0 Å². The number of sulfonamides is 1. The highest BCUT2D eigenvalue weighted by Crippen LogP contribution is 2.20. The zero-order valence-corrected chi connectivity index (χ0v) is 14.0. The molecule has 0 radical (unpaired) electrons. The Morgan fingerprint density at radius 2 is 1.60 bits per heavy atom. The number of nitrogens with one attached hydrogen (secondary N) is 1. The SMILES string of the molecule is O=C(c1ccc(NS(=O)(=O)c2ccc(F)c(F)c2)cc1)N1CCCC1. The molecule has 2 aromatic rings. The number of nitrogens with zero attached hydrogens (tertiary/aromatic N) is 1. The number of carbonyl (C=O) groups excluding carboxylic acids is 1. The Balaban J connectivity index is 1.76. The van der Waals surface area contributed by atoms with Crippen LogP contribution in [0.15, 0.2) is 47.4 Å². The molecule has 0 unspecified atom stereocenters. The van der Waals surface area contributed by atoms with Crippen LogP contribution in [0.5, 0.6) is 0 Å². The van der Waals surface area contributed by atoms with Crippen LogP contribution in [0.3, 0.4) is 0 Å². The van der Waals surface area contributed by atoms with E-state index in [0.29, 0.717) is 11.6 Å². The lowest BCUT2D eigenvalue weighted by atomic mass is 10.2. The molecule has 0 saturated carbocycles.